The Morgan fingerprint density at radius 3 is 1.73 bits per heavy atom. The number of carbonyl (C=O) groups is 16. The predicted molar refractivity (Wildman–Crippen MR) is 396 cm³/mol. The third kappa shape index (κ3) is 29.0. The first kappa shape index (κ1) is 89.2. The number of aliphatic hydroxyl groups excluding tert-OH is 2. The number of nitrogens with zero attached hydrogens (tertiary/aromatic N) is 3. The Balaban J connectivity index is 1.66. The third-order valence-electron chi connectivity index (χ3n) is 17.1. The number of H-pyrrole nitrogens is 3. The van der Waals surface area contributed by atoms with E-state index in [0.29, 0.717) is 22.9 Å². The first-order valence-electron chi connectivity index (χ1n) is 34.9. The molecule has 0 saturated carbocycles. The Morgan fingerprint density at radius 1 is 0.627 bits per heavy atom. The number of benzene rings is 1. The summed E-state index contributed by atoms with van der Waals surface area (Å²) in [7, 11) is 1.58. The highest BCUT2D eigenvalue weighted by atomic mass is 33.1. The van der Waals surface area contributed by atoms with Crippen LogP contribution in [0.5, 0.6) is 0 Å². The second-order valence-electron chi connectivity index (χ2n) is 26.1. The summed E-state index contributed by atoms with van der Waals surface area (Å²) >= 11 is 0. The molecule has 0 unspecified atom stereocenters. The second kappa shape index (κ2) is 44.2. The predicted octanol–water partition coefficient (Wildman–Crippen LogP) is -7.65. The maximum Gasteiger partial charge on any atom is 0.305 e. The molecule has 14 atom stereocenters. The van der Waals surface area contributed by atoms with E-state index in [0.717, 1.165) is 35.4 Å². The van der Waals surface area contributed by atoms with Gasteiger partial charge in [-0.05, 0) is 49.7 Å². The summed E-state index contributed by atoms with van der Waals surface area (Å²) in [5.74, 6) is -20.7. The molecule has 42 nitrogen and oxygen atoms in total. The molecule has 1 aromatic carbocycles. The lowest BCUT2D eigenvalue weighted by molar-refractivity contribution is -0.141. The Hall–Kier alpha value is -11.4. The van der Waals surface area contributed by atoms with Crippen molar-refractivity contribution < 1.29 is 92.0 Å². The lowest BCUT2D eigenvalue weighted by Crippen LogP contribution is -2.62. The number of carboxylic acid groups (broad SMARTS) is 1. The lowest BCUT2D eigenvalue weighted by Gasteiger charge is -2.29. The number of rotatable bonds is 26. The first-order chi connectivity index (χ1) is 52.1. The molecule has 602 valence electrons. The quantitative estimate of drug-likeness (QED) is 0.0120. The molecule has 0 bridgehead atoms. The number of hydrogen-bond acceptors (Lipinski definition) is 23. The number of carboxylic acids is 1. The lowest BCUT2D eigenvalue weighted by atomic mass is 9.98. The molecule has 44 heteroatoms. The first-order valence-corrected chi connectivity index (χ1v) is 37.3. The standard InChI is InChI=1S/C66H97N23O19S2/c1-7-31(4)52(78-33(6)92)65(108)87-47-27-110-109-26-46(63(106)89-53(32(5)91)54(68)97)86-56(99)39(13-10-16-73-66(69)70)80-59(102)43(19-36-23-72-29-77-36)83-58(101)42(18-35-22-71-28-76-35)79-49(94)24-75-55(98)41(17-34-21-74-38-12-9-8-11-37(34)38)82-60(103)44(20-50(95)96)84-57(100)40(14-15-48(67)93)81-61(104)45(25-90)85-64(107)51(30(2)3)88-62(47)105/h8-9,11-12,21-23,28-32,39-47,51-53,74,90-91H,7,10,13-20,24-27H2,1-6H3,(H2,67,93)(H2,68,97)(H,71,76)(H,72,77)(H,75,98)(H,78,92)(H,79,94)(H,80,102)(H,81,104)(H,82,103)(H,83,101)(H,84,100)(H,85,107)(H,86,99)(H,87,108)(H,88,105)(H,89,106)(H,95,96)(H4,69,70,73)/t31-,32+,39-,40-,41-,42-,43+,44+,45+,46-,47-,51-,52-,53-/m0/s1. The van der Waals surface area contributed by atoms with Gasteiger partial charge in [-0.25, -0.2) is 9.97 Å². The fraction of sp³-hybridized carbons (Fsp3) is 0.530. The van der Waals surface area contributed by atoms with E-state index in [1.807, 2.05) is 0 Å². The second-order valence-corrected chi connectivity index (χ2v) is 28.7. The number of imidazole rings is 2. The maximum absolute atomic E-state index is 14.9. The number of amides is 15. The van der Waals surface area contributed by atoms with Crippen LogP contribution in [-0.4, -0.2) is 251 Å². The zero-order valence-corrected chi connectivity index (χ0v) is 62.7. The number of aliphatic carboxylic acids is 1. The molecular formula is C66H97N23O19S2. The molecule has 1 aliphatic heterocycles. The molecule has 0 radical (unpaired) electrons. The molecule has 15 amide bonds. The average Bonchev–Trinajstić information content (AvgIpc) is 1.64. The van der Waals surface area contributed by atoms with Gasteiger partial charge in [0.2, 0.25) is 88.6 Å². The highest BCUT2D eigenvalue weighted by Crippen LogP contribution is 2.25. The van der Waals surface area contributed by atoms with Gasteiger partial charge in [0.25, 0.3) is 0 Å². The van der Waals surface area contributed by atoms with Crippen LogP contribution in [0.25, 0.3) is 10.9 Å². The molecular weight excluding hydrogens is 1480 g/mol. The topological polar surface area (TPSA) is 680 Å². The highest BCUT2D eigenvalue weighted by Gasteiger charge is 2.39. The summed E-state index contributed by atoms with van der Waals surface area (Å²) < 4.78 is 0. The third-order valence-corrected chi connectivity index (χ3v) is 19.5. The Kier molecular flexibility index (Phi) is 35.8. The fourth-order valence-corrected chi connectivity index (χ4v) is 13.3. The molecule has 1 aliphatic rings. The minimum Gasteiger partial charge on any atom is -0.481 e. The van der Waals surface area contributed by atoms with Crippen molar-refractivity contribution in [3.05, 3.63) is 72.5 Å². The number of guanidine groups is 1. The number of fused-ring (bicyclic) bond motifs is 1. The Bertz CT molecular complexity index is 3910. The van der Waals surface area contributed by atoms with Crippen molar-refractivity contribution in [2.24, 2.45) is 39.8 Å². The summed E-state index contributed by atoms with van der Waals surface area (Å²) in [6, 6.07) is -14.0. The minimum absolute atomic E-state index is 0.0421. The van der Waals surface area contributed by atoms with Gasteiger partial charge in [0, 0.05) is 80.2 Å². The number of carbonyl (C=O) groups excluding carboxylic acids is 15. The average molecular weight is 1580 g/mol. The van der Waals surface area contributed by atoms with E-state index in [9.17, 15) is 92.0 Å². The molecule has 1 fully saturated rings. The summed E-state index contributed by atoms with van der Waals surface area (Å²) in [6.07, 6.45) is 1.58. The Labute approximate surface area is 637 Å². The van der Waals surface area contributed by atoms with Gasteiger partial charge in [0.15, 0.2) is 5.96 Å². The van der Waals surface area contributed by atoms with E-state index >= 15 is 0 Å². The van der Waals surface area contributed by atoms with E-state index in [-0.39, 0.29) is 49.6 Å². The number of nitrogens with one attached hydrogen (secondary N) is 16. The van der Waals surface area contributed by atoms with Gasteiger partial charge >= 0.3 is 5.97 Å². The highest BCUT2D eigenvalue weighted by molar-refractivity contribution is 8.76. The molecule has 3 aromatic heterocycles. The SMILES string of the molecule is CC[C@H](C)[C@H](NC(C)=O)C(=O)N[C@H]1CSSC[C@@H](C(=O)N[C@H](C(N)=O)[C@@H](C)O)NC(=O)[C@H](CCCN=C(N)N)NC(=O)[C@@H](Cc2c[nH]cn2)NC(=O)[C@H](Cc2c[nH]cn2)NC(=O)CNC(=O)[C@H](Cc2c[nH]c3ccccc23)NC(=O)[C@@H](CC(=O)O)NC(=O)[C@H](CCC(N)=O)NC(=O)[C@@H](CO)NC(=O)[C@H](C(C)C)NC1=O. The number of aromatic amines is 3. The summed E-state index contributed by atoms with van der Waals surface area (Å²) in [5, 5.41) is 63.6. The normalized spacial score (nSPS) is 22.9. The van der Waals surface area contributed by atoms with E-state index in [1.165, 1.54) is 45.1 Å². The van der Waals surface area contributed by atoms with Crippen LogP contribution in [-0.2, 0) is 96.0 Å². The van der Waals surface area contributed by atoms with Crippen molar-refractivity contribution in [1.29, 1.82) is 0 Å². The van der Waals surface area contributed by atoms with Crippen LogP contribution < -0.4 is 92.1 Å². The van der Waals surface area contributed by atoms with Crippen molar-refractivity contribution in [2.45, 2.75) is 178 Å². The number of nitrogens with two attached hydrogens (primary N) is 4. The van der Waals surface area contributed by atoms with Gasteiger partial charge in [0.1, 0.15) is 72.5 Å². The van der Waals surface area contributed by atoms with Crippen molar-refractivity contribution in [1.82, 2.24) is 94.0 Å². The molecule has 4 heterocycles. The van der Waals surface area contributed by atoms with Gasteiger partial charge in [0.05, 0.1) is 49.7 Å². The largest absolute Gasteiger partial charge is 0.481 e. The van der Waals surface area contributed by atoms with Crippen molar-refractivity contribution in [3.8, 4) is 0 Å². The van der Waals surface area contributed by atoms with Gasteiger partial charge in [-0.15, -0.1) is 0 Å². The molecule has 0 aliphatic carbocycles. The number of aromatic nitrogens is 5. The van der Waals surface area contributed by atoms with Crippen LogP contribution in [0.2, 0.25) is 0 Å². The smallest absolute Gasteiger partial charge is 0.305 e. The fourth-order valence-electron chi connectivity index (χ4n) is 11.0. The summed E-state index contributed by atoms with van der Waals surface area (Å²) in [4.78, 5) is 244. The van der Waals surface area contributed by atoms with Gasteiger partial charge in [-0.1, -0.05) is 73.9 Å². The van der Waals surface area contributed by atoms with Crippen molar-refractivity contribution >= 4 is 133 Å². The molecule has 110 heavy (non-hydrogen) atoms. The molecule has 5 rings (SSSR count). The summed E-state index contributed by atoms with van der Waals surface area (Å²) in [5.41, 5.74) is 23.6. The van der Waals surface area contributed by atoms with E-state index < -0.39 is 235 Å². The molecule has 0 spiro atoms. The number of primary amides is 2. The number of aliphatic imine (C=N–C) groups is 1. The zero-order chi connectivity index (χ0) is 81.5. The van der Waals surface area contributed by atoms with Gasteiger partial charge in [-0.2, -0.15) is 0 Å². The molecule has 27 N–H and O–H groups in total. The van der Waals surface area contributed by atoms with Crippen LogP contribution in [0.1, 0.15) is 97.0 Å². The minimum atomic E-state index is -2.09. The summed E-state index contributed by atoms with van der Waals surface area (Å²) in [6.45, 7) is 6.31. The van der Waals surface area contributed by atoms with Gasteiger partial charge in [-0.3, -0.25) is 81.7 Å². The van der Waals surface area contributed by atoms with Crippen LogP contribution in [0.4, 0.5) is 0 Å². The maximum atomic E-state index is 14.9. The number of para-hydroxylation sites is 1. The van der Waals surface area contributed by atoms with Crippen LogP contribution in [0.15, 0.2) is 60.5 Å². The number of hydrogen-bond donors (Lipinski definition) is 23. The van der Waals surface area contributed by atoms with Crippen molar-refractivity contribution in [2.75, 3.05) is 31.2 Å². The van der Waals surface area contributed by atoms with E-state index in [4.69, 9.17) is 22.9 Å². The van der Waals surface area contributed by atoms with Crippen molar-refractivity contribution in [3.63, 3.8) is 0 Å². The van der Waals surface area contributed by atoms with Crippen LogP contribution in [0, 0.1) is 11.8 Å². The van der Waals surface area contributed by atoms with Gasteiger partial charge < -0.3 is 122 Å². The van der Waals surface area contributed by atoms with Crippen LogP contribution >= 0.6 is 21.6 Å². The molecule has 4 aromatic rings. The van der Waals surface area contributed by atoms with E-state index in [1.54, 1.807) is 38.1 Å². The number of aliphatic hydroxyl groups is 2. The Morgan fingerprint density at radius 2 is 1.17 bits per heavy atom. The monoisotopic (exact) mass is 1580 g/mol. The van der Waals surface area contributed by atoms with E-state index in [2.05, 4.69) is 99.0 Å². The van der Waals surface area contributed by atoms with Crippen LogP contribution in [0.3, 0.4) is 0 Å². The molecule has 1 saturated heterocycles. The zero-order valence-electron chi connectivity index (χ0n) is 61.1.